The minimum absolute atomic E-state index is 0.0864. The maximum absolute atomic E-state index is 13.0. The Hall–Kier alpha value is -4.64. The molecule has 0 rings (SSSR count). The van der Waals surface area contributed by atoms with Crippen molar-refractivity contribution >= 4 is 25.7 Å². The van der Waals surface area contributed by atoms with Crippen LogP contribution in [0.2, 0.25) is 0 Å². The van der Waals surface area contributed by atoms with E-state index in [2.05, 4.69) is 142 Å². The van der Waals surface area contributed by atoms with Gasteiger partial charge >= 0.3 is 25.7 Å². The van der Waals surface area contributed by atoms with E-state index in [1.165, 1.54) is 77.0 Å². The number of phosphoric ester groups is 1. The van der Waals surface area contributed by atoms with E-state index in [0.29, 0.717) is 25.7 Å². The van der Waals surface area contributed by atoms with Crippen molar-refractivity contribution in [2.75, 3.05) is 26.4 Å². The van der Waals surface area contributed by atoms with E-state index in [1.54, 1.807) is 0 Å². The lowest BCUT2D eigenvalue weighted by atomic mass is 10.1. The van der Waals surface area contributed by atoms with Gasteiger partial charge in [-0.15, -0.1) is 0 Å². The van der Waals surface area contributed by atoms with Gasteiger partial charge in [0, 0.05) is 19.3 Å². The van der Waals surface area contributed by atoms with E-state index >= 15 is 0 Å². The lowest BCUT2D eigenvalue weighted by molar-refractivity contribution is -0.161. The Bertz CT molecular complexity index is 1930. The number of hydrogen-bond acceptors (Lipinski definition) is 10. The van der Waals surface area contributed by atoms with Gasteiger partial charge in [0.1, 0.15) is 12.7 Å². The highest BCUT2D eigenvalue weighted by Gasteiger charge is 2.28. The minimum Gasteiger partial charge on any atom is -0.462 e. The molecule has 3 atom stereocenters. The normalized spacial score (nSPS) is 14.3. The second-order valence-corrected chi connectivity index (χ2v) is 21.9. The fraction of sp³-hybridized carbons (Fsp3) is 0.614. The summed E-state index contributed by atoms with van der Waals surface area (Å²) in [5.74, 6) is -1.64. The summed E-state index contributed by atoms with van der Waals surface area (Å²) in [6.45, 7) is 4.27. The summed E-state index contributed by atoms with van der Waals surface area (Å²) in [5, 5.41) is 9.84. The Morgan fingerprint density at radius 2 is 0.671 bits per heavy atom. The zero-order valence-electron chi connectivity index (χ0n) is 51.4. The highest BCUT2D eigenvalue weighted by molar-refractivity contribution is 7.47. The van der Waals surface area contributed by atoms with Crippen LogP contribution in [0, 0.1) is 0 Å². The number of aliphatic hydroxyl groups excluding tert-OH is 1. The minimum atomic E-state index is -4.80. The van der Waals surface area contributed by atoms with Crippen molar-refractivity contribution in [3.8, 4) is 0 Å². The molecule has 0 aromatic rings. The molecule has 2 N–H and O–H groups in total. The van der Waals surface area contributed by atoms with Crippen LogP contribution in [-0.2, 0) is 42.2 Å². The number of aliphatic hydroxyl groups is 1. The molecule has 0 fully saturated rings. The van der Waals surface area contributed by atoms with E-state index < -0.39 is 57.8 Å². The second-order valence-electron chi connectivity index (χ2n) is 20.5. The molecule has 464 valence electrons. The summed E-state index contributed by atoms with van der Waals surface area (Å²) >= 11 is 0. The number of carbonyl (C=O) groups is 3. The van der Waals surface area contributed by atoms with Crippen molar-refractivity contribution in [1.29, 1.82) is 0 Å². The molecular formula is C70H113O11P. The average Bonchev–Trinajstić information content (AvgIpc) is 3.47. The van der Waals surface area contributed by atoms with Gasteiger partial charge in [0.2, 0.25) is 0 Å². The smallest absolute Gasteiger partial charge is 0.462 e. The van der Waals surface area contributed by atoms with Crippen LogP contribution in [0.3, 0.4) is 0 Å². The molecule has 0 aliphatic heterocycles. The standard InChI is InChI=1S/C70H113O11P/c1-4-7-10-13-16-19-22-25-28-31-33-36-38-41-44-47-50-53-56-59-68(72)77-63-67(81-70(74)61-58-55-52-49-46-43-40-37-34-32-29-26-23-20-17-14-11-8-5-2)65-79-82(75,76)78-64-66(62-71)80-69(73)60-57-54-51-48-45-42-39-35-30-27-24-21-18-15-12-9-6-3/h7,9-10,12,16,18-19,21,25-30,33,36,39,41-42,44,48,50-51,53,66-67,71H,4-6,8,11,13-15,17,20,22-24,31-32,34-35,37-38,40,43,45-47,49,52,54-65H2,1-3H3,(H,75,76)/b10-7-,12-9-,19-16-,21-18-,28-25-,29-26-,30-27-,36-33-,42-39-,44-41-,51-48-,53-50-. The SMILES string of the molecule is CC/C=C\C/C=C\C/C=C\C/C=C\C/C=C\C/C=C\CCC(=O)OCC(COP(=O)(O)OCC(CO)OC(=O)CCC/C=C\C/C=C\C/C=C\C/C=C\C/C=C\CC)OC(=O)CCCCCCCCCCC/C=C\CCCCCCCC. The maximum Gasteiger partial charge on any atom is 0.472 e. The molecule has 0 aromatic carbocycles. The Morgan fingerprint density at radius 1 is 0.354 bits per heavy atom. The molecule has 3 unspecified atom stereocenters. The second kappa shape index (κ2) is 62.4. The van der Waals surface area contributed by atoms with Crippen LogP contribution < -0.4 is 0 Å². The molecule has 82 heavy (non-hydrogen) atoms. The molecule has 12 heteroatoms. The molecule has 0 radical (unpaired) electrons. The lowest BCUT2D eigenvalue weighted by Crippen LogP contribution is -2.30. The molecule has 0 bridgehead atoms. The van der Waals surface area contributed by atoms with E-state index in [1.807, 2.05) is 24.3 Å². The third kappa shape index (κ3) is 60.0. The van der Waals surface area contributed by atoms with Gasteiger partial charge in [0.15, 0.2) is 6.10 Å². The molecule has 0 aliphatic rings. The number of hydrogen-bond donors (Lipinski definition) is 2. The first-order valence-corrected chi connectivity index (χ1v) is 33.2. The van der Waals surface area contributed by atoms with Gasteiger partial charge in [0.05, 0.1) is 19.8 Å². The van der Waals surface area contributed by atoms with E-state index in [9.17, 15) is 28.9 Å². The van der Waals surface area contributed by atoms with Gasteiger partial charge < -0.3 is 24.2 Å². The van der Waals surface area contributed by atoms with Crippen molar-refractivity contribution in [3.05, 3.63) is 146 Å². The van der Waals surface area contributed by atoms with Gasteiger partial charge in [-0.05, 0) is 122 Å². The Morgan fingerprint density at radius 3 is 1.09 bits per heavy atom. The average molecular weight is 1160 g/mol. The zero-order chi connectivity index (χ0) is 59.8. The van der Waals surface area contributed by atoms with Gasteiger partial charge in [0.25, 0.3) is 0 Å². The first-order chi connectivity index (χ1) is 40.2. The molecule has 0 saturated heterocycles. The van der Waals surface area contributed by atoms with Gasteiger partial charge in [-0.25, -0.2) is 4.57 Å². The third-order valence-electron chi connectivity index (χ3n) is 12.7. The predicted molar refractivity (Wildman–Crippen MR) is 343 cm³/mol. The van der Waals surface area contributed by atoms with Crippen LogP contribution in [0.4, 0.5) is 0 Å². The molecule has 0 spiro atoms. The van der Waals surface area contributed by atoms with Gasteiger partial charge in [-0.1, -0.05) is 244 Å². The summed E-state index contributed by atoms with van der Waals surface area (Å²) in [7, 11) is -4.80. The molecule has 0 aromatic heterocycles. The Kier molecular flexibility index (Phi) is 58.9. The van der Waals surface area contributed by atoms with Crippen LogP contribution >= 0.6 is 7.82 Å². The molecule has 11 nitrogen and oxygen atoms in total. The highest BCUT2D eigenvalue weighted by Crippen LogP contribution is 2.43. The number of carbonyl (C=O) groups excluding carboxylic acids is 3. The summed E-state index contributed by atoms with van der Waals surface area (Å²) in [6, 6.07) is 0. The summed E-state index contributed by atoms with van der Waals surface area (Å²) in [4.78, 5) is 48.7. The van der Waals surface area contributed by atoms with Crippen LogP contribution in [0.25, 0.3) is 0 Å². The fourth-order valence-electron chi connectivity index (χ4n) is 8.00. The van der Waals surface area contributed by atoms with E-state index in [-0.39, 0.29) is 25.9 Å². The van der Waals surface area contributed by atoms with Crippen molar-refractivity contribution in [2.24, 2.45) is 0 Å². The van der Waals surface area contributed by atoms with Crippen LogP contribution in [0.1, 0.15) is 239 Å². The number of unbranched alkanes of at least 4 members (excludes halogenated alkanes) is 16. The summed E-state index contributed by atoms with van der Waals surface area (Å²) < 4.78 is 39.5. The largest absolute Gasteiger partial charge is 0.472 e. The number of allylic oxidation sites excluding steroid dienone is 24. The number of phosphoric acid groups is 1. The monoisotopic (exact) mass is 1160 g/mol. The van der Waals surface area contributed by atoms with E-state index in [4.69, 9.17) is 23.3 Å². The molecule has 0 amide bonds. The van der Waals surface area contributed by atoms with Gasteiger partial charge in [-0.3, -0.25) is 23.4 Å². The number of esters is 3. The van der Waals surface area contributed by atoms with Crippen molar-refractivity contribution in [2.45, 2.75) is 251 Å². The Balaban J connectivity index is 4.88. The van der Waals surface area contributed by atoms with Crippen LogP contribution in [0.15, 0.2) is 146 Å². The highest BCUT2D eigenvalue weighted by atomic mass is 31.2. The molecule has 0 heterocycles. The first-order valence-electron chi connectivity index (χ1n) is 31.7. The topological polar surface area (TPSA) is 155 Å². The summed E-state index contributed by atoms with van der Waals surface area (Å²) in [5.41, 5.74) is 0. The molecular weight excluding hydrogens is 1050 g/mol. The zero-order valence-corrected chi connectivity index (χ0v) is 52.3. The third-order valence-corrected chi connectivity index (χ3v) is 13.7. The lowest BCUT2D eigenvalue weighted by Gasteiger charge is -2.21. The van der Waals surface area contributed by atoms with Crippen molar-refractivity contribution in [1.82, 2.24) is 0 Å². The van der Waals surface area contributed by atoms with Gasteiger partial charge in [-0.2, -0.15) is 0 Å². The Labute approximate surface area is 499 Å². The maximum atomic E-state index is 13.0. The molecule has 0 saturated carbocycles. The quantitative estimate of drug-likeness (QED) is 0.0197. The van der Waals surface area contributed by atoms with E-state index in [0.717, 1.165) is 96.3 Å². The van der Waals surface area contributed by atoms with Crippen LogP contribution in [0.5, 0.6) is 0 Å². The predicted octanol–water partition coefficient (Wildman–Crippen LogP) is 19.5. The van der Waals surface area contributed by atoms with Crippen molar-refractivity contribution < 1.29 is 52.2 Å². The first kappa shape index (κ1) is 77.4. The van der Waals surface area contributed by atoms with Crippen molar-refractivity contribution in [3.63, 3.8) is 0 Å². The number of rotatable bonds is 57. The fourth-order valence-corrected chi connectivity index (χ4v) is 8.78. The number of ether oxygens (including phenoxy) is 3. The summed E-state index contributed by atoms with van der Waals surface area (Å²) in [6.07, 6.45) is 81.1. The molecule has 0 aliphatic carbocycles. The van der Waals surface area contributed by atoms with Crippen LogP contribution in [-0.4, -0.2) is 66.5 Å².